The van der Waals surface area contributed by atoms with E-state index in [9.17, 15) is 4.79 Å². The van der Waals surface area contributed by atoms with E-state index in [0.29, 0.717) is 15.0 Å². The van der Waals surface area contributed by atoms with Gasteiger partial charge >= 0.3 is 0 Å². The number of furan rings is 1. The van der Waals surface area contributed by atoms with Crippen LogP contribution >= 0.6 is 24.0 Å². The van der Waals surface area contributed by atoms with Gasteiger partial charge in [-0.3, -0.25) is 9.69 Å². The second kappa shape index (κ2) is 6.57. The van der Waals surface area contributed by atoms with E-state index in [1.54, 1.807) is 11.0 Å². The highest BCUT2D eigenvalue weighted by atomic mass is 32.2. The molecule has 1 aliphatic heterocycles. The van der Waals surface area contributed by atoms with Gasteiger partial charge in [0.25, 0.3) is 5.91 Å². The predicted octanol–water partition coefficient (Wildman–Crippen LogP) is 5.09. The van der Waals surface area contributed by atoms with Gasteiger partial charge < -0.3 is 4.42 Å². The van der Waals surface area contributed by atoms with Crippen LogP contribution in [0, 0.1) is 0 Å². The molecule has 0 spiro atoms. The number of amides is 1. The Labute approximate surface area is 150 Å². The number of nitrogens with zero attached hydrogens (tertiary/aromatic N) is 1. The van der Waals surface area contributed by atoms with Gasteiger partial charge in [0.05, 0.1) is 4.91 Å². The van der Waals surface area contributed by atoms with Gasteiger partial charge in [-0.05, 0) is 25.0 Å². The van der Waals surface area contributed by atoms with E-state index in [1.165, 1.54) is 24.6 Å². The third kappa shape index (κ3) is 2.94. The standard InChI is InChI=1S/C19H17NO2S2/c21-18-17(24-19(23)20(18)14-8-4-5-9-14)12-15-10-11-16(22-15)13-6-2-1-3-7-13/h1-3,6-7,10-12,14H,4-5,8-9H2. The van der Waals surface area contributed by atoms with E-state index in [-0.39, 0.29) is 11.9 Å². The zero-order valence-electron chi connectivity index (χ0n) is 13.1. The van der Waals surface area contributed by atoms with Crippen molar-refractivity contribution in [2.24, 2.45) is 0 Å². The molecule has 5 heteroatoms. The number of rotatable bonds is 3. The summed E-state index contributed by atoms with van der Waals surface area (Å²) in [7, 11) is 0. The monoisotopic (exact) mass is 355 g/mol. The summed E-state index contributed by atoms with van der Waals surface area (Å²) in [6.07, 6.45) is 6.27. The summed E-state index contributed by atoms with van der Waals surface area (Å²) >= 11 is 6.80. The Bertz CT molecular complexity index is 804. The quantitative estimate of drug-likeness (QED) is 0.567. The fourth-order valence-electron chi connectivity index (χ4n) is 3.27. The molecule has 4 rings (SSSR count). The van der Waals surface area contributed by atoms with Gasteiger partial charge in [-0.15, -0.1) is 0 Å². The number of hydrogen-bond donors (Lipinski definition) is 0. The predicted molar refractivity (Wildman–Crippen MR) is 101 cm³/mol. The first kappa shape index (κ1) is 15.7. The Balaban J connectivity index is 1.57. The molecule has 0 N–H and O–H groups in total. The molecule has 24 heavy (non-hydrogen) atoms. The topological polar surface area (TPSA) is 33.5 Å². The van der Waals surface area contributed by atoms with E-state index >= 15 is 0 Å². The fraction of sp³-hybridized carbons (Fsp3) is 0.263. The second-order valence-electron chi connectivity index (χ2n) is 6.06. The second-order valence-corrected chi connectivity index (χ2v) is 7.73. The van der Waals surface area contributed by atoms with Crippen molar-refractivity contribution < 1.29 is 9.21 Å². The minimum absolute atomic E-state index is 0.0227. The van der Waals surface area contributed by atoms with E-state index in [1.807, 2.05) is 42.5 Å². The summed E-state index contributed by atoms with van der Waals surface area (Å²) in [5, 5.41) is 0. The van der Waals surface area contributed by atoms with Crippen molar-refractivity contribution in [3.63, 3.8) is 0 Å². The van der Waals surface area contributed by atoms with Crippen LogP contribution in [0.15, 0.2) is 51.8 Å². The van der Waals surface area contributed by atoms with Crippen LogP contribution in [0.3, 0.4) is 0 Å². The molecule has 1 aromatic carbocycles. The number of carbonyl (C=O) groups excluding carboxylic acids is 1. The number of carbonyl (C=O) groups is 1. The van der Waals surface area contributed by atoms with E-state index in [4.69, 9.17) is 16.6 Å². The molecular weight excluding hydrogens is 338 g/mol. The molecule has 1 aliphatic carbocycles. The molecule has 1 saturated carbocycles. The van der Waals surface area contributed by atoms with Gasteiger partial charge in [0.15, 0.2) is 0 Å². The Hall–Kier alpha value is -1.85. The highest BCUT2D eigenvalue weighted by Crippen LogP contribution is 2.38. The molecule has 0 bridgehead atoms. The maximum atomic E-state index is 12.7. The minimum atomic E-state index is 0.0227. The van der Waals surface area contributed by atoms with Crippen LogP contribution in [0.1, 0.15) is 31.4 Å². The van der Waals surface area contributed by atoms with Gasteiger partial charge in [0.1, 0.15) is 15.8 Å². The first-order valence-corrected chi connectivity index (χ1v) is 9.37. The number of hydrogen-bond acceptors (Lipinski definition) is 4. The lowest BCUT2D eigenvalue weighted by atomic mass is 10.2. The third-order valence-electron chi connectivity index (χ3n) is 4.47. The van der Waals surface area contributed by atoms with E-state index in [0.717, 1.165) is 24.2 Å². The summed E-state index contributed by atoms with van der Waals surface area (Å²) in [6, 6.07) is 14.0. The summed E-state index contributed by atoms with van der Waals surface area (Å²) in [5.41, 5.74) is 1.02. The van der Waals surface area contributed by atoms with Gasteiger partial charge in [0.2, 0.25) is 0 Å². The molecule has 2 aliphatic rings. The number of benzene rings is 1. The molecule has 122 valence electrons. The molecule has 0 atom stereocenters. The molecule has 1 amide bonds. The lowest BCUT2D eigenvalue weighted by molar-refractivity contribution is -0.123. The molecule has 2 heterocycles. The largest absolute Gasteiger partial charge is 0.457 e. The first-order chi connectivity index (χ1) is 11.7. The molecule has 3 nitrogen and oxygen atoms in total. The van der Waals surface area contributed by atoms with Gasteiger partial charge in [-0.2, -0.15) is 0 Å². The van der Waals surface area contributed by atoms with Crippen molar-refractivity contribution >= 4 is 40.3 Å². The maximum Gasteiger partial charge on any atom is 0.266 e. The average Bonchev–Trinajstić information content (AvgIpc) is 3.31. The smallest absolute Gasteiger partial charge is 0.266 e. The molecule has 2 fully saturated rings. The molecular formula is C19H17NO2S2. The highest BCUT2D eigenvalue weighted by molar-refractivity contribution is 8.26. The first-order valence-electron chi connectivity index (χ1n) is 8.15. The molecule has 1 saturated heterocycles. The highest BCUT2D eigenvalue weighted by Gasteiger charge is 2.38. The van der Waals surface area contributed by atoms with Crippen LogP contribution in [-0.4, -0.2) is 21.2 Å². The van der Waals surface area contributed by atoms with Gasteiger partial charge in [-0.1, -0.05) is 67.2 Å². The number of thioether (sulfide) groups is 1. The Morgan fingerprint density at radius 2 is 1.88 bits per heavy atom. The molecule has 0 unspecified atom stereocenters. The average molecular weight is 355 g/mol. The van der Waals surface area contributed by atoms with E-state index < -0.39 is 0 Å². The maximum absolute atomic E-state index is 12.7. The van der Waals surface area contributed by atoms with Crippen molar-refractivity contribution in [1.29, 1.82) is 0 Å². The SMILES string of the molecule is O=C1C(=Cc2ccc(-c3ccccc3)o2)SC(=S)N1C1CCCC1. The van der Waals surface area contributed by atoms with Crippen molar-refractivity contribution in [1.82, 2.24) is 4.90 Å². The Morgan fingerprint density at radius 3 is 2.62 bits per heavy atom. The summed E-state index contributed by atoms with van der Waals surface area (Å²) in [6.45, 7) is 0. The van der Waals surface area contributed by atoms with Crippen molar-refractivity contribution in [2.45, 2.75) is 31.7 Å². The van der Waals surface area contributed by atoms with E-state index in [2.05, 4.69) is 0 Å². The molecule has 1 aromatic heterocycles. The van der Waals surface area contributed by atoms with Crippen LogP contribution in [-0.2, 0) is 4.79 Å². The number of thiocarbonyl (C=S) groups is 1. The normalized spacial score (nSPS) is 20.5. The van der Waals surface area contributed by atoms with Crippen LogP contribution in [0.2, 0.25) is 0 Å². The molecule has 0 radical (unpaired) electrons. The lowest BCUT2D eigenvalue weighted by Crippen LogP contribution is -2.36. The zero-order valence-corrected chi connectivity index (χ0v) is 14.7. The third-order valence-corrected chi connectivity index (χ3v) is 5.80. The van der Waals surface area contributed by atoms with Crippen molar-refractivity contribution in [2.75, 3.05) is 0 Å². The van der Waals surface area contributed by atoms with Gasteiger partial charge in [-0.25, -0.2) is 0 Å². The van der Waals surface area contributed by atoms with Crippen molar-refractivity contribution in [3.05, 3.63) is 53.1 Å². The van der Waals surface area contributed by atoms with Crippen LogP contribution in [0.4, 0.5) is 0 Å². The van der Waals surface area contributed by atoms with Crippen LogP contribution < -0.4 is 0 Å². The Kier molecular flexibility index (Phi) is 4.29. The Morgan fingerprint density at radius 1 is 1.12 bits per heavy atom. The van der Waals surface area contributed by atoms with Gasteiger partial charge in [0, 0.05) is 17.7 Å². The summed E-state index contributed by atoms with van der Waals surface area (Å²) < 4.78 is 6.55. The fourth-order valence-corrected chi connectivity index (χ4v) is 4.65. The molecule has 2 aromatic rings. The lowest BCUT2D eigenvalue weighted by Gasteiger charge is -2.21. The minimum Gasteiger partial charge on any atom is -0.457 e. The van der Waals surface area contributed by atoms with Crippen molar-refractivity contribution in [3.8, 4) is 11.3 Å². The van der Waals surface area contributed by atoms with Crippen LogP contribution in [0.5, 0.6) is 0 Å². The van der Waals surface area contributed by atoms with Crippen LogP contribution in [0.25, 0.3) is 17.4 Å². The summed E-state index contributed by atoms with van der Waals surface area (Å²) in [4.78, 5) is 15.2. The summed E-state index contributed by atoms with van der Waals surface area (Å²) in [5.74, 6) is 1.50. The zero-order chi connectivity index (χ0) is 16.5.